The molecule has 0 radical (unpaired) electrons. The van der Waals surface area contributed by atoms with Crippen molar-refractivity contribution in [3.8, 4) is 5.75 Å². The maximum atomic E-state index is 9.23. The maximum Gasteiger partial charge on any atom is 0.260 e. The minimum atomic E-state index is 0.230. The van der Waals surface area contributed by atoms with E-state index in [-0.39, 0.29) is 6.61 Å². The van der Waals surface area contributed by atoms with E-state index in [0.29, 0.717) is 5.23 Å². The summed E-state index contributed by atoms with van der Waals surface area (Å²) >= 11 is 1.42. The SMILES string of the molecule is C=C1/C=C\C=C/N=C(Oc2ccc(CCN(CCO)CC3CC3)cc2)S1. The summed E-state index contributed by atoms with van der Waals surface area (Å²) in [5, 5.41) is 9.80. The lowest BCUT2D eigenvalue weighted by molar-refractivity contribution is 0.192. The third-order valence-corrected chi connectivity index (χ3v) is 5.11. The Kier molecular flexibility index (Phi) is 7.12. The number of benzene rings is 1. The van der Waals surface area contributed by atoms with Gasteiger partial charge in [0.2, 0.25) is 0 Å². The molecule has 0 amide bonds. The first-order chi connectivity index (χ1) is 12.7. The van der Waals surface area contributed by atoms with Gasteiger partial charge in [0.15, 0.2) is 0 Å². The fraction of sp³-hybridized carbons (Fsp3) is 0.381. The third-order valence-electron chi connectivity index (χ3n) is 4.35. The van der Waals surface area contributed by atoms with Crippen molar-refractivity contribution < 1.29 is 9.84 Å². The Labute approximate surface area is 160 Å². The summed E-state index contributed by atoms with van der Waals surface area (Å²) in [6.07, 6.45) is 11.1. The number of hydrogen-bond donors (Lipinski definition) is 1. The molecule has 1 aliphatic carbocycles. The first kappa shape index (κ1) is 19.0. The highest BCUT2D eigenvalue weighted by molar-refractivity contribution is 8.17. The van der Waals surface area contributed by atoms with E-state index in [0.717, 1.165) is 42.6 Å². The number of ether oxygens (including phenoxy) is 1. The van der Waals surface area contributed by atoms with Gasteiger partial charge in [-0.3, -0.25) is 0 Å². The topological polar surface area (TPSA) is 45.1 Å². The number of hydrogen-bond acceptors (Lipinski definition) is 5. The van der Waals surface area contributed by atoms with Crippen LogP contribution in [0.3, 0.4) is 0 Å². The molecule has 1 N–H and O–H groups in total. The van der Waals surface area contributed by atoms with Crippen LogP contribution in [0.25, 0.3) is 0 Å². The normalized spacial score (nSPS) is 19.6. The Bertz CT molecular complexity index is 690. The molecule has 1 aliphatic heterocycles. The van der Waals surface area contributed by atoms with Crippen molar-refractivity contribution >= 4 is 17.0 Å². The summed E-state index contributed by atoms with van der Waals surface area (Å²) in [5.41, 5.74) is 1.27. The highest BCUT2D eigenvalue weighted by atomic mass is 32.2. The molecule has 0 unspecified atom stereocenters. The van der Waals surface area contributed by atoms with Crippen molar-refractivity contribution in [2.75, 3.05) is 26.2 Å². The van der Waals surface area contributed by atoms with Gasteiger partial charge in [0.05, 0.1) is 6.61 Å². The maximum absolute atomic E-state index is 9.23. The van der Waals surface area contributed by atoms with Crippen molar-refractivity contribution in [1.29, 1.82) is 0 Å². The lowest BCUT2D eigenvalue weighted by Crippen LogP contribution is -2.31. The van der Waals surface area contributed by atoms with E-state index in [2.05, 4.69) is 28.6 Å². The van der Waals surface area contributed by atoms with Crippen LogP contribution < -0.4 is 4.74 Å². The Morgan fingerprint density at radius 2 is 2.00 bits per heavy atom. The smallest absolute Gasteiger partial charge is 0.260 e. The molecular weight excluding hydrogens is 344 g/mol. The van der Waals surface area contributed by atoms with Crippen LogP contribution in [-0.4, -0.2) is 41.5 Å². The minimum Gasteiger partial charge on any atom is -0.433 e. The molecule has 0 aromatic heterocycles. The lowest BCUT2D eigenvalue weighted by Gasteiger charge is -2.21. The quantitative estimate of drug-likeness (QED) is 0.751. The largest absolute Gasteiger partial charge is 0.433 e. The molecule has 0 saturated heterocycles. The molecule has 2 aliphatic rings. The first-order valence-corrected chi connectivity index (χ1v) is 9.92. The van der Waals surface area contributed by atoms with Crippen LogP contribution >= 0.6 is 11.8 Å². The molecule has 1 aromatic rings. The van der Waals surface area contributed by atoms with Crippen molar-refractivity contribution in [3.63, 3.8) is 0 Å². The molecule has 26 heavy (non-hydrogen) atoms. The van der Waals surface area contributed by atoms with Gasteiger partial charge < -0.3 is 14.7 Å². The second-order valence-electron chi connectivity index (χ2n) is 6.63. The highest BCUT2D eigenvalue weighted by Crippen LogP contribution is 2.29. The van der Waals surface area contributed by atoms with Crippen molar-refractivity contribution in [1.82, 2.24) is 4.90 Å². The van der Waals surface area contributed by atoms with Gasteiger partial charge in [0, 0.05) is 30.7 Å². The molecular formula is C21H26N2O2S. The molecule has 0 bridgehead atoms. The van der Waals surface area contributed by atoms with Gasteiger partial charge >= 0.3 is 0 Å². The van der Waals surface area contributed by atoms with Crippen LogP contribution in [-0.2, 0) is 6.42 Å². The van der Waals surface area contributed by atoms with E-state index in [1.54, 1.807) is 6.20 Å². The number of thioether (sulfide) groups is 1. The van der Waals surface area contributed by atoms with E-state index in [9.17, 15) is 5.11 Å². The van der Waals surface area contributed by atoms with Gasteiger partial charge in [-0.05, 0) is 66.8 Å². The van der Waals surface area contributed by atoms with E-state index >= 15 is 0 Å². The van der Waals surface area contributed by atoms with E-state index < -0.39 is 0 Å². The van der Waals surface area contributed by atoms with Crippen LogP contribution in [0.4, 0.5) is 0 Å². The fourth-order valence-corrected chi connectivity index (χ4v) is 3.37. The van der Waals surface area contributed by atoms with Crippen molar-refractivity contribution in [2.24, 2.45) is 10.9 Å². The molecule has 1 aromatic carbocycles. The zero-order valence-corrected chi connectivity index (χ0v) is 15.8. The fourth-order valence-electron chi connectivity index (χ4n) is 2.75. The third kappa shape index (κ3) is 6.48. The first-order valence-electron chi connectivity index (χ1n) is 9.11. The van der Waals surface area contributed by atoms with Crippen LogP contribution in [0.2, 0.25) is 0 Å². The molecule has 1 saturated carbocycles. The molecule has 138 valence electrons. The van der Waals surface area contributed by atoms with Crippen LogP contribution in [0.1, 0.15) is 18.4 Å². The summed E-state index contributed by atoms with van der Waals surface area (Å²) in [5.74, 6) is 1.62. The summed E-state index contributed by atoms with van der Waals surface area (Å²) in [7, 11) is 0. The van der Waals surface area contributed by atoms with Gasteiger partial charge in [0.25, 0.3) is 5.23 Å². The summed E-state index contributed by atoms with van der Waals surface area (Å²) < 4.78 is 5.86. The number of aliphatic imine (C=N–C) groups is 1. The lowest BCUT2D eigenvalue weighted by atomic mass is 10.1. The monoisotopic (exact) mass is 370 g/mol. The van der Waals surface area contributed by atoms with Gasteiger partial charge in [0.1, 0.15) is 5.75 Å². The standard InChI is InChI=1S/C21H26N2O2S/c1-17-4-2-3-12-22-21(26-17)25-20-9-7-18(8-10-20)11-13-23(14-15-24)16-19-5-6-19/h2-4,7-10,12,19,24H,1,5-6,11,13-16H2/b4-2-,12-3-,22-21?. The van der Waals surface area contributed by atoms with E-state index in [4.69, 9.17) is 4.74 Å². The zero-order valence-electron chi connectivity index (χ0n) is 15.0. The molecule has 1 heterocycles. The summed E-state index contributed by atoms with van der Waals surface area (Å²) in [6.45, 7) is 7.05. The number of aliphatic hydroxyl groups is 1. The van der Waals surface area contributed by atoms with Crippen molar-refractivity contribution in [2.45, 2.75) is 19.3 Å². The van der Waals surface area contributed by atoms with Gasteiger partial charge in [-0.15, -0.1) is 0 Å². The zero-order chi connectivity index (χ0) is 18.2. The second-order valence-corrected chi connectivity index (χ2v) is 7.71. The average molecular weight is 371 g/mol. The molecule has 1 fully saturated rings. The van der Waals surface area contributed by atoms with E-state index in [1.165, 1.54) is 30.2 Å². The van der Waals surface area contributed by atoms with Crippen molar-refractivity contribution in [3.05, 3.63) is 65.7 Å². The van der Waals surface area contributed by atoms with Crippen LogP contribution in [0.5, 0.6) is 5.75 Å². The summed E-state index contributed by atoms with van der Waals surface area (Å²) in [6, 6.07) is 8.16. The van der Waals surface area contributed by atoms with Gasteiger partial charge in [-0.1, -0.05) is 24.8 Å². The molecule has 4 nitrogen and oxygen atoms in total. The predicted molar refractivity (Wildman–Crippen MR) is 109 cm³/mol. The number of nitrogens with zero attached hydrogens (tertiary/aromatic N) is 2. The van der Waals surface area contributed by atoms with Crippen LogP contribution in [0, 0.1) is 5.92 Å². The Balaban J connectivity index is 1.51. The summed E-state index contributed by atoms with van der Waals surface area (Å²) in [4.78, 5) is 7.56. The number of aliphatic hydroxyl groups excluding tert-OH is 1. The van der Waals surface area contributed by atoms with Gasteiger partial charge in [-0.2, -0.15) is 0 Å². The van der Waals surface area contributed by atoms with Gasteiger partial charge in [-0.25, -0.2) is 4.99 Å². The Morgan fingerprint density at radius 1 is 1.19 bits per heavy atom. The minimum absolute atomic E-state index is 0.230. The molecule has 0 atom stereocenters. The average Bonchev–Trinajstić information content (AvgIpc) is 3.43. The predicted octanol–water partition coefficient (Wildman–Crippen LogP) is 4.00. The molecule has 0 spiro atoms. The molecule has 3 rings (SSSR count). The van der Waals surface area contributed by atoms with E-state index in [1.807, 2.05) is 30.4 Å². The molecule has 5 heteroatoms. The highest BCUT2D eigenvalue weighted by Gasteiger charge is 2.23. The Hall–Kier alpha value is -1.82. The Morgan fingerprint density at radius 3 is 2.73 bits per heavy atom. The van der Waals surface area contributed by atoms with Crippen LogP contribution in [0.15, 0.2) is 65.2 Å². The second kappa shape index (κ2) is 9.76. The number of allylic oxidation sites excluding steroid dienone is 3. The number of rotatable bonds is 8.